The predicted molar refractivity (Wildman–Crippen MR) is 62.4 cm³/mol. The Kier molecular flexibility index (Phi) is 10.9. The number of nitrogens with two attached hydrogens (primary N) is 1. The lowest BCUT2D eigenvalue weighted by Crippen LogP contribution is -2.09. The fourth-order valence-electron chi connectivity index (χ4n) is 1.58. The third-order valence-electron chi connectivity index (χ3n) is 2.55. The summed E-state index contributed by atoms with van der Waals surface area (Å²) in [5.41, 5.74) is 5.32. The van der Waals surface area contributed by atoms with Crippen molar-refractivity contribution in [2.45, 2.75) is 52.4 Å². The van der Waals surface area contributed by atoms with Gasteiger partial charge in [0.1, 0.15) is 0 Å². The van der Waals surface area contributed by atoms with Gasteiger partial charge in [-0.05, 0) is 12.3 Å². The van der Waals surface area contributed by atoms with E-state index in [1.165, 1.54) is 38.5 Å². The van der Waals surface area contributed by atoms with Crippen LogP contribution in [-0.2, 0) is 4.74 Å². The first-order valence-electron chi connectivity index (χ1n) is 6.09. The Morgan fingerprint density at radius 1 is 1.07 bits per heavy atom. The SMILES string of the molecule is CCCCC(C)CCCCOCCN. The molecule has 86 valence electrons. The van der Waals surface area contributed by atoms with Gasteiger partial charge in [0.15, 0.2) is 0 Å². The van der Waals surface area contributed by atoms with Gasteiger partial charge >= 0.3 is 0 Å². The summed E-state index contributed by atoms with van der Waals surface area (Å²) in [4.78, 5) is 0. The molecule has 0 rings (SSSR count). The van der Waals surface area contributed by atoms with Crippen molar-refractivity contribution in [1.82, 2.24) is 0 Å². The van der Waals surface area contributed by atoms with Gasteiger partial charge in [-0.25, -0.2) is 0 Å². The monoisotopic (exact) mass is 201 g/mol. The Balaban J connectivity index is 3.02. The van der Waals surface area contributed by atoms with E-state index in [0.29, 0.717) is 13.2 Å². The molecule has 0 heterocycles. The maximum Gasteiger partial charge on any atom is 0.0588 e. The van der Waals surface area contributed by atoms with Gasteiger partial charge in [0, 0.05) is 13.2 Å². The molecule has 0 bridgehead atoms. The fourth-order valence-corrected chi connectivity index (χ4v) is 1.58. The summed E-state index contributed by atoms with van der Waals surface area (Å²) >= 11 is 0. The first-order valence-corrected chi connectivity index (χ1v) is 6.09. The summed E-state index contributed by atoms with van der Waals surface area (Å²) < 4.78 is 5.32. The van der Waals surface area contributed by atoms with Crippen LogP contribution in [0.2, 0.25) is 0 Å². The number of hydrogen-bond acceptors (Lipinski definition) is 2. The van der Waals surface area contributed by atoms with Gasteiger partial charge < -0.3 is 10.5 Å². The van der Waals surface area contributed by atoms with Gasteiger partial charge in [-0.2, -0.15) is 0 Å². The number of unbranched alkanes of at least 4 members (excludes halogenated alkanes) is 2. The Morgan fingerprint density at radius 3 is 2.43 bits per heavy atom. The molecule has 0 aliphatic rings. The lowest BCUT2D eigenvalue weighted by Gasteiger charge is -2.10. The fraction of sp³-hybridized carbons (Fsp3) is 1.00. The quantitative estimate of drug-likeness (QED) is 0.552. The van der Waals surface area contributed by atoms with Crippen molar-refractivity contribution < 1.29 is 4.74 Å². The van der Waals surface area contributed by atoms with E-state index in [1.54, 1.807) is 0 Å². The van der Waals surface area contributed by atoms with Crippen molar-refractivity contribution in [3.05, 3.63) is 0 Å². The molecular weight excluding hydrogens is 174 g/mol. The zero-order chi connectivity index (χ0) is 10.6. The zero-order valence-corrected chi connectivity index (χ0v) is 9.93. The van der Waals surface area contributed by atoms with Crippen LogP contribution in [0.4, 0.5) is 0 Å². The molecule has 0 amide bonds. The molecule has 2 nitrogen and oxygen atoms in total. The maximum absolute atomic E-state index is 5.32. The normalized spacial score (nSPS) is 13.1. The maximum atomic E-state index is 5.32. The number of hydrogen-bond donors (Lipinski definition) is 1. The largest absolute Gasteiger partial charge is 0.380 e. The number of ether oxygens (including phenoxy) is 1. The highest BCUT2D eigenvalue weighted by atomic mass is 16.5. The summed E-state index contributed by atoms with van der Waals surface area (Å²) in [6, 6.07) is 0. The summed E-state index contributed by atoms with van der Waals surface area (Å²) in [6.07, 6.45) is 7.94. The van der Waals surface area contributed by atoms with Crippen LogP contribution in [-0.4, -0.2) is 19.8 Å². The van der Waals surface area contributed by atoms with Gasteiger partial charge in [0.2, 0.25) is 0 Å². The van der Waals surface area contributed by atoms with Crippen LogP contribution in [0.1, 0.15) is 52.4 Å². The summed E-state index contributed by atoms with van der Waals surface area (Å²) in [5, 5.41) is 0. The minimum atomic E-state index is 0.646. The second kappa shape index (κ2) is 11.0. The molecular formula is C12H27NO. The Labute approximate surface area is 89.2 Å². The van der Waals surface area contributed by atoms with Gasteiger partial charge in [-0.1, -0.05) is 46.0 Å². The molecule has 2 N–H and O–H groups in total. The van der Waals surface area contributed by atoms with E-state index in [2.05, 4.69) is 13.8 Å². The summed E-state index contributed by atoms with van der Waals surface area (Å²) in [5.74, 6) is 0.893. The van der Waals surface area contributed by atoms with Crippen molar-refractivity contribution in [3.63, 3.8) is 0 Å². The molecule has 2 heteroatoms. The van der Waals surface area contributed by atoms with Gasteiger partial charge in [0.25, 0.3) is 0 Å². The van der Waals surface area contributed by atoms with Crippen LogP contribution in [0.5, 0.6) is 0 Å². The average molecular weight is 201 g/mol. The van der Waals surface area contributed by atoms with Crippen LogP contribution in [0.3, 0.4) is 0 Å². The average Bonchev–Trinajstić information content (AvgIpc) is 2.20. The second-order valence-corrected chi connectivity index (χ2v) is 4.14. The van der Waals surface area contributed by atoms with E-state index < -0.39 is 0 Å². The first-order chi connectivity index (χ1) is 6.81. The van der Waals surface area contributed by atoms with Crippen LogP contribution in [0, 0.1) is 5.92 Å². The molecule has 0 saturated carbocycles. The summed E-state index contributed by atoms with van der Waals surface area (Å²) in [6.45, 7) is 6.86. The van der Waals surface area contributed by atoms with Gasteiger partial charge in [-0.3, -0.25) is 0 Å². The molecule has 1 unspecified atom stereocenters. The smallest absolute Gasteiger partial charge is 0.0588 e. The molecule has 0 radical (unpaired) electrons. The van der Waals surface area contributed by atoms with Gasteiger partial charge in [0.05, 0.1) is 6.61 Å². The number of rotatable bonds is 10. The lowest BCUT2D eigenvalue weighted by molar-refractivity contribution is 0.136. The minimum Gasteiger partial charge on any atom is -0.380 e. The van der Waals surface area contributed by atoms with Crippen molar-refractivity contribution in [2.75, 3.05) is 19.8 Å². The minimum absolute atomic E-state index is 0.646. The Hall–Kier alpha value is -0.0800. The molecule has 1 atom stereocenters. The van der Waals surface area contributed by atoms with Crippen LogP contribution >= 0.6 is 0 Å². The predicted octanol–water partition coefficient (Wildman–Crippen LogP) is 2.96. The van der Waals surface area contributed by atoms with E-state index in [9.17, 15) is 0 Å². The lowest BCUT2D eigenvalue weighted by atomic mass is 9.98. The highest BCUT2D eigenvalue weighted by molar-refractivity contribution is 4.53. The molecule has 14 heavy (non-hydrogen) atoms. The van der Waals surface area contributed by atoms with Gasteiger partial charge in [-0.15, -0.1) is 0 Å². The third-order valence-corrected chi connectivity index (χ3v) is 2.55. The molecule has 0 aliphatic heterocycles. The zero-order valence-electron chi connectivity index (χ0n) is 9.93. The molecule has 0 saturated heterocycles. The third kappa shape index (κ3) is 10.0. The van der Waals surface area contributed by atoms with E-state index >= 15 is 0 Å². The van der Waals surface area contributed by atoms with E-state index in [4.69, 9.17) is 10.5 Å². The standard InChI is InChI=1S/C12H27NO/c1-3-4-7-12(2)8-5-6-10-14-11-9-13/h12H,3-11,13H2,1-2H3. The molecule has 0 spiro atoms. The molecule has 0 aromatic rings. The van der Waals surface area contributed by atoms with Crippen LogP contribution in [0.25, 0.3) is 0 Å². The van der Waals surface area contributed by atoms with Crippen LogP contribution in [0.15, 0.2) is 0 Å². The van der Waals surface area contributed by atoms with Crippen molar-refractivity contribution in [1.29, 1.82) is 0 Å². The highest BCUT2D eigenvalue weighted by Gasteiger charge is 2.00. The summed E-state index contributed by atoms with van der Waals surface area (Å²) in [7, 11) is 0. The second-order valence-electron chi connectivity index (χ2n) is 4.14. The van der Waals surface area contributed by atoms with E-state index in [1.807, 2.05) is 0 Å². The van der Waals surface area contributed by atoms with E-state index in [-0.39, 0.29) is 0 Å². The Bertz CT molecular complexity index is 106. The topological polar surface area (TPSA) is 35.2 Å². The Morgan fingerprint density at radius 2 is 1.79 bits per heavy atom. The van der Waals surface area contributed by atoms with Crippen molar-refractivity contribution >= 4 is 0 Å². The molecule has 0 aliphatic carbocycles. The highest BCUT2D eigenvalue weighted by Crippen LogP contribution is 2.14. The molecule has 0 aromatic carbocycles. The molecule has 0 aromatic heterocycles. The van der Waals surface area contributed by atoms with Crippen molar-refractivity contribution in [2.24, 2.45) is 11.7 Å². The molecule has 0 fully saturated rings. The van der Waals surface area contributed by atoms with Crippen LogP contribution < -0.4 is 5.73 Å². The van der Waals surface area contributed by atoms with E-state index in [0.717, 1.165) is 12.5 Å². The van der Waals surface area contributed by atoms with Crippen molar-refractivity contribution in [3.8, 4) is 0 Å². The first kappa shape index (κ1) is 13.9.